The van der Waals surface area contributed by atoms with Gasteiger partial charge in [-0.1, -0.05) is 60.7 Å². The van der Waals surface area contributed by atoms with Gasteiger partial charge in [0.2, 0.25) is 5.91 Å². The number of hydrazine groups is 1. The van der Waals surface area contributed by atoms with Gasteiger partial charge >= 0.3 is 12.3 Å². The van der Waals surface area contributed by atoms with Crippen molar-refractivity contribution in [1.29, 1.82) is 0 Å². The van der Waals surface area contributed by atoms with Gasteiger partial charge in [-0.3, -0.25) is 4.79 Å². The molecule has 0 saturated carbocycles. The molecule has 2 aromatic carbocycles. The second-order valence-electron chi connectivity index (χ2n) is 8.48. The maximum Gasteiger partial charge on any atom is 0.429 e. The molecule has 1 atom stereocenters. The van der Waals surface area contributed by atoms with Crippen molar-refractivity contribution in [3.8, 4) is 0 Å². The van der Waals surface area contributed by atoms with Crippen LogP contribution in [0.2, 0.25) is 0 Å². The molecule has 8 heteroatoms. The van der Waals surface area contributed by atoms with Crippen LogP contribution in [0.1, 0.15) is 37.9 Å². The van der Waals surface area contributed by atoms with Gasteiger partial charge in [0.25, 0.3) is 0 Å². The number of rotatable bonds is 3. The Morgan fingerprint density at radius 2 is 1.53 bits per heavy atom. The third kappa shape index (κ3) is 5.69. The van der Waals surface area contributed by atoms with Crippen LogP contribution in [-0.4, -0.2) is 40.3 Å². The highest BCUT2D eigenvalue weighted by Gasteiger charge is 2.45. The minimum absolute atomic E-state index is 0.0847. The van der Waals surface area contributed by atoms with Gasteiger partial charge in [-0.25, -0.2) is 14.8 Å². The van der Waals surface area contributed by atoms with E-state index in [2.05, 4.69) is 0 Å². The van der Waals surface area contributed by atoms with Crippen molar-refractivity contribution in [2.75, 3.05) is 6.54 Å². The fraction of sp³-hybridized carbons (Fsp3) is 0.333. The number of hydrogen-bond donors (Lipinski definition) is 0. The van der Waals surface area contributed by atoms with Crippen LogP contribution in [0.3, 0.4) is 0 Å². The van der Waals surface area contributed by atoms with Crippen molar-refractivity contribution in [1.82, 2.24) is 10.0 Å². The molecular weight excluding hydrogens is 421 g/mol. The number of halogens is 3. The predicted octanol–water partition coefficient (Wildman–Crippen LogP) is 5.45. The average Bonchev–Trinajstić information content (AvgIpc) is 2.72. The number of nitrogens with zero attached hydrogens (tertiary/aromatic N) is 2. The van der Waals surface area contributed by atoms with Gasteiger partial charge in [0.05, 0.1) is 24.6 Å². The van der Waals surface area contributed by atoms with Crippen LogP contribution in [0.4, 0.5) is 18.0 Å². The first-order chi connectivity index (χ1) is 15.0. The van der Waals surface area contributed by atoms with Crippen LogP contribution < -0.4 is 0 Å². The zero-order chi connectivity index (χ0) is 23.5. The maximum absolute atomic E-state index is 13.7. The third-order valence-corrected chi connectivity index (χ3v) is 4.77. The van der Waals surface area contributed by atoms with Crippen LogP contribution >= 0.6 is 0 Å². The second-order valence-corrected chi connectivity index (χ2v) is 8.48. The molecule has 0 radical (unpaired) electrons. The minimum Gasteiger partial charge on any atom is -0.442 e. The Hall–Kier alpha value is -3.29. The average molecular weight is 446 g/mol. The lowest BCUT2D eigenvalue weighted by Gasteiger charge is -2.43. The van der Waals surface area contributed by atoms with Gasteiger partial charge in [0.1, 0.15) is 5.60 Å². The topological polar surface area (TPSA) is 49.9 Å². The van der Waals surface area contributed by atoms with Gasteiger partial charge in [0.15, 0.2) is 0 Å². The number of carbonyl (C=O) groups is 2. The molecule has 1 unspecified atom stereocenters. The smallest absolute Gasteiger partial charge is 0.429 e. The lowest BCUT2D eigenvalue weighted by Crippen LogP contribution is -2.56. The minimum atomic E-state index is -4.66. The number of benzene rings is 2. The SMILES string of the molecule is CC(C)(C)OC(=O)N1CC(C(F)(F)F)=CC(c2ccccc2)N1C(=O)Cc1ccccc1. The zero-order valence-corrected chi connectivity index (χ0v) is 18.1. The first-order valence-electron chi connectivity index (χ1n) is 10.1. The summed E-state index contributed by atoms with van der Waals surface area (Å²) in [7, 11) is 0. The van der Waals surface area contributed by atoms with Crippen molar-refractivity contribution < 1.29 is 27.5 Å². The maximum atomic E-state index is 13.7. The molecular formula is C24H25F3N2O3. The van der Waals surface area contributed by atoms with Gasteiger partial charge in [-0.2, -0.15) is 13.2 Å². The fourth-order valence-electron chi connectivity index (χ4n) is 3.38. The molecule has 32 heavy (non-hydrogen) atoms. The molecule has 0 fully saturated rings. The Bertz CT molecular complexity index is 983. The molecule has 3 rings (SSSR count). The van der Waals surface area contributed by atoms with Crippen molar-refractivity contribution in [2.45, 2.75) is 45.0 Å². The Kier molecular flexibility index (Phi) is 6.62. The molecule has 0 bridgehead atoms. The summed E-state index contributed by atoms with van der Waals surface area (Å²) in [6, 6.07) is 16.0. The van der Waals surface area contributed by atoms with Crippen LogP contribution in [0.15, 0.2) is 72.3 Å². The van der Waals surface area contributed by atoms with E-state index in [0.717, 1.165) is 16.1 Å². The van der Waals surface area contributed by atoms with Gasteiger partial charge in [0, 0.05) is 0 Å². The molecule has 0 spiro atoms. The summed E-state index contributed by atoms with van der Waals surface area (Å²) < 4.78 is 46.5. The number of hydrogen-bond acceptors (Lipinski definition) is 3. The molecule has 0 aliphatic carbocycles. The number of amides is 2. The van der Waals surface area contributed by atoms with E-state index < -0.39 is 41.9 Å². The van der Waals surface area contributed by atoms with Crippen molar-refractivity contribution >= 4 is 12.0 Å². The molecule has 170 valence electrons. The molecule has 2 amide bonds. The first-order valence-corrected chi connectivity index (χ1v) is 10.1. The van der Waals surface area contributed by atoms with Crippen LogP contribution in [0.25, 0.3) is 0 Å². The monoisotopic (exact) mass is 446 g/mol. The normalized spacial score (nSPS) is 17.1. The lowest BCUT2D eigenvalue weighted by molar-refractivity contribution is -0.157. The summed E-state index contributed by atoms with van der Waals surface area (Å²) in [4.78, 5) is 26.3. The third-order valence-electron chi connectivity index (χ3n) is 4.77. The second kappa shape index (κ2) is 9.06. The summed E-state index contributed by atoms with van der Waals surface area (Å²) in [5.41, 5.74) is -0.739. The molecule has 0 saturated heterocycles. The zero-order valence-electron chi connectivity index (χ0n) is 18.1. The first kappa shape index (κ1) is 23.4. The Balaban J connectivity index is 2.08. The van der Waals surface area contributed by atoms with E-state index in [4.69, 9.17) is 4.74 Å². The summed E-state index contributed by atoms with van der Waals surface area (Å²) in [5, 5.41) is 1.84. The van der Waals surface area contributed by atoms with E-state index in [1.807, 2.05) is 0 Å². The van der Waals surface area contributed by atoms with Gasteiger partial charge < -0.3 is 4.74 Å². The Labute approximate surface area is 185 Å². The van der Waals surface area contributed by atoms with Crippen LogP contribution in [0, 0.1) is 0 Å². The van der Waals surface area contributed by atoms with Crippen molar-refractivity contribution in [2.24, 2.45) is 0 Å². The Morgan fingerprint density at radius 3 is 2.06 bits per heavy atom. The molecule has 1 aliphatic heterocycles. The fourth-order valence-corrected chi connectivity index (χ4v) is 3.38. The van der Waals surface area contributed by atoms with Crippen molar-refractivity contribution in [3.63, 3.8) is 0 Å². The van der Waals surface area contributed by atoms with Crippen molar-refractivity contribution in [3.05, 3.63) is 83.4 Å². The molecule has 2 aromatic rings. The van der Waals surface area contributed by atoms with E-state index in [9.17, 15) is 22.8 Å². The molecule has 1 aliphatic rings. The van der Waals surface area contributed by atoms with E-state index in [-0.39, 0.29) is 6.42 Å². The van der Waals surface area contributed by atoms with E-state index >= 15 is 0 Å². The molecule has 0 N–H and O–H groups in total. The van der Waals surface area contributed by atoms with E-state index in [1.165, 1.54) is 0 Å². The summed E-state index contributed by atoms with van der Waals surface area (Å²) in [6.45, 7) is 4.02. The van der Waals surface area contributed by atoms with E-state index in [1.54, 1.807) is 81.4 Å². The van der Waals surface area contributed by atoms with Crippen LogP contribution in [-0.2, 0) is 16.0 Å². The van der Waals surface area contributed by atoms with Crippen LogP contribution in [0.5, 0.6) is 0 Å². The summed E-state index contributed by atoms with van der Waals surface area (Å²) in [5.74, 6) is -0.520. The highest BCUT2D eigenvalue weighted by molar-refractivity contribution is 5.82. The standard InChI is InChI=1S/C24H25F3N2O3/c1-23(2,3)32-22(31)28-16-19(24(25,26)27)15-20(18-12-8-5-9-13-18)29(28)21(30)14-17-10-6-4-7-11-17/h4-13,15,20H,14,16H2,1-3H3. The quantitative estimate of drug-likeness (QED) is 0.589. The number of alkyl halides is 3. The molecule has 0 aromatic heterocycles. The lowest BCUT2D eigenvalue weighted by atomic mass is 9.99. The van der Waals surface area contributed by atoms with Gasteiger partial charge in [-0.15, -0.1) is 0 Å². The summed E-state index contributed by atoms with van der Waals surface area (Å²) >= 11 is 0. The number of ether oxygens (including phenoxy) is 1. The number of carbonyl (C=O) groups excluding carboxylic acids is 2. The Morgan fingerprint density at radius 1 is 0.969 bits per heavy atom. The van der Waals surface area contributed by atoms with Gasteiger partial charge in [-0.05, 0) is 38.0 Å². The highest BCUT2D eigenvalue weighted by Crippen LogP contribution is 2.37. The van der Waals surface area contributed by atoms with E-state index in [0.29, 0.717) is 11.1 Å². The largest absolute Gasteiger partial charge is 0.442 e. The molecule has 5 nitrogen and oxygen atoms in total. The predicted molar refractivity (Wildman–Crippen MR) is 113 cm³/mol. The summed E-state index contributed by atoms with van der Waals surface area (Å²) in [6.07, 6.45) is -4.77. The molecule has 1 heterocycles. The highest BCUT2D eigenvalue weighted by atomic mass is 19.4.